The maximum atomic E-state index is 10.4. The van der Waals surface area contributed by atoms with Gasteiger partial charge in [0, 0.05) is 17.5 Å². The molecule has 4 heteroatoms. The molecule has 0 aromatic carbocycles. The van der Waals surface area contributed by atoms with Gasteiger partial charge in [-0.25, -0.2) is 0 Å². The van der Waals surface area contributed by atoms with Gasteiger partial charge in [-0.3, -0.25) is 9.59 Å². The number of hydrogen-bond acceptors (Lipinski definition) is 2. The van der Waals surface area contributed by atoms with E-state index in [-0.39, 0.29) is 6.42 Å². The highest BCUT2D eigenvalue weighted by atomic mass is 16.4. The van der Waals surface area contributed by atoms with E-state index < -0.39 is 5.97 Å². The van der Waals surface area contributed by atoms with Crippen molar-refractivity contribution in [1.29, 1.82) is 0 Å². The molecule has 1 aromatic rings. The summed E-state index contributed by atoms with van der Waals surface area (Å²) >= 11 is 0. The lowest BCUT2D eigenvalue weighted by Gasteiger charge is -1.93. The van der Waals surface area contributed by atoms with Crippen LogP contribution in [0.2, 0.25) is 0 Å². The van der Waals surface area contributed by atoms with Gasteiger partial charge in [-0.2, -0.15) is 0 Å². The molecule has 0 aliphatic heterocycles. The van der Waals surface area contributed by atoms with E-state index in [4.69, 9.17) is 5.11 Å². The number of rotatable bonds is 3. The zero-order valence-electron chi connectivity index (χ0n) is 6.63. The van der Waals surface area contributed by atoms with E-state index in [0.29, 0.717) is 23.1 Å². The smallest absolute Gasteiger partial charge is 0.309 e. The van der Waals surface area contributed by atoms with Gasteiger partial charge in [0.1, 0.15) is 0 Å². The molecule has 0 aliphatic carbocycles. The third-order valence-corrected chi connectivity index (χ3v) is 1.74. The molecule has 0 atom stereocenters. The Balaban J connectivity index is 2.94. The second-order valence-corrected chi connectivity index (χ2v) is 2.54. The Bertz CT molecular complexity index is 314. The van der Waals surface area contributed by atoms with Crippen LogP contribution in [0.4, 0.5) is 0 Å². The number of aromatic nitrogens is 1. The molecule has 2 N–H and O–H groups in total. The lowest BCUT2D eigenvalue weighted by Crippen LogP contribution is -2.01. The Kier molecular flexibility index (Phi) is 2.28. The second kappa shape index (κ2) is 3.21. The average molecular weight is 167 g/mol. The summed E-state index contributed by atoms with van der Waals surface area (Å²) in [6.07, 6.45) is 2.15. The van der Waals surface area contributed by atoms with Crippen molar-refractivity contribution < 1.29 is 14.7 Å². The zero-order chi connectivity index (χ0) is 9.14. The molecule has 0 aliphatic rings. The summed E-state index contributed by atoms with van der Waals surface area (Å²) < 4.78 is 0. The lowest BCUT2D eigenvalue weighted by molar-refractivity contribution is -0.136. The van der Waals surface area contributed by atoms with Crippen molar-refractivity contribution in [3.63, 3.8) is 0 Å². The van der Waals surface area contributed by atoms with Crippen molar-refractivity contribution in [3.8, 4) is 0 Å². The molecule has 0 saturated heterocycles. The van der Waals surface area contributed by atoms with Gasteiger partial charge in [-0.05, 0) is 12.5 Å². The number of H-pyrrole nitrogens is 1. The number of hydrogen-bond donors (Lipinski definition) is 2. The Labute approximate surface area is 69.2 Å². The lowest BCUT2D eigenvalue weighted by atomic mass is 10.1. The van der Waals surface area contributed by atoms with Crippen LogP contribution < -0.4 is 0 Å². The molecule has 12 heavy (non-hydrogen) atoms. The van der Waals surface area contributed by atoms with Gasteiger partial charge in [-0.1, -0.05) is 0 Å². The number of carbonyl (C=O) groups excluding carboxylic acids is 1. The van der Waals surface area contributed by atoms with Crippen molar-refractivity contribution in [2.24, 2.45) is 0 Å². The highest BCUT2D eigenvalue weighted by Crippen LogP contribution is 2.10. The third-order valence-electron chi connectivity index (χ3n) is 1.74. The fourth-order valence-electron chi connectivity index (χ4n) is 1.01. The summed E-state index contributed by atoms with van der Waals surface area (Å²) in [5.41, 5.74) is 1.82. The van der Waals surface area contributed by atoms with Crippen molar-refractivity contribution in [3.05, 3.63) is 23.0 Å². The van der Waals surface area contributed by atoms with Crippen LogP contribution in [0, 0.1) is 6.92 Å². The first-order chi connectivity index (χ1) is 5.65. The summed E-state index contributed by atoms with van der Waals surface area (Å²) in [4.78, 5) is 23.4. The fraction of sp³-hybridized carbons (Fsp3) is 0.250. The molecule has 0 saturated carbocycles. The minimum absolute atomic E-state index is 0.0698. The molecule has 0 unspecified atom stereocenters. The maximum absolute atomic E-state index is 10.4. The van der Waals surface area contributed by atoms with E-state index in [9.17, 15) is 9.59 Å². The molecule has 0 fully saturated rings. The number of aldehydes is 1. The predicted molar refractivity (Wildman–Crippen MR) is 42.3 cm³/mol. The molecule has 0 radical (unpaired) electrons. The van der Waals surface area contributed by atoms with Crippen LogP contribution in [0.5, 0.6) is 0 Å². The van der Waals surface area contributed by atoms with Gasteiger partial charge in [0.15, 0.2) is 6.29 Å². The minimum Gasteiger partial charge on any atom is -0.481 e. The molecular formula is C8H9NO3. The van der Waals surface area contributed by atoms with Gasteiger partial charge in [-0.15, -0.1) is 0 Å². The molecule has 1 rings (SSSR count). The number of nitrogens with one attached hydrogen (secondary N) is 1. The summed E-state index contributed by atoms with van der Waals surface area (Å²) in [6.45, 7) is 1.72. The highest BCUT2D eigenvalue weighted by molar-refractivity contribution is 5.79. The minimum atomic E-state index is -0.905. The van der Waals surface area contributed by atoms with E-state index in [0.717, 1.165) is 0 Å². The first kappa shape index (κ1) is 8.52. The van der Waals surface area contributed by atoms with Crippen LogP contribution in [0.1, 0.15) is 21.6 Å². The average Bonchev–Trinajstić information content (AvgIpc) is 2.32. The highest BCUT2D eigenvalue weighted by Gasteiger charge is 2.08. The quantitative estimate of drug-likeness (QED) is 0.653. The number of carboxylic acids is 1. The van der Waals surface area contributed by atoms with Gasteiger partial charge in [0.25, 0.3) is 0 Å². The van der Waals surface area contributed by atoms with E-state index in [2.05, 4.69) is 4.98 Å². The second-order valence-electron chi connectivity index (χ2n) is 2.54. The zero-order valence-corrected chi connectivity index (χ0v) is 6.63. The monoisotopic (exact) mass is 167 g/mol. The first-order valence-corrected chi connectivity index (χ1v) is 3.49. The molecule has 1 heterocycles. The van der Waals surface area contributed by atoms with Crippen LogP contribution in [-0.4, -0.2) is 22.3 Å². The van der Waals surface area contributed by atoms with Crippen molar-refractivity contribution in [2.75, 3.05) is 0 Å². The van der Waals surface area contributed by atoms with Crippen LogP contribution in [0.25, 0.3) is 0 Å². The molecule has 0 bridgehead atoms. The standard InChI is InChI=1S/C8H9NO3/c1-5-6(4-10)3-9-7(5)2-8(11)12/h3-4,9H,2H2,1H3,(H,11,12). The number of carboxylic acid groups (broad SMARTS) is 1. The predicted octanol–water partition coefficient (Wildman–Crippen LogP) is 0.763. The molecule has 64 valence electrons. The van der Waals surface area contributed by atoms with Crippen LogP contribution in [0.15, 0.2) is 6.20 Å². The Morgan fingerprint density at radius 1 is 1.75 bits per heavy atom. The molecular weight excluding hydrogens is 158 g/mol. The molecule has 1 aromatic heterocycles. The van der Waals surface area contributed by atoms with Crippen LogP contribution in [-0.2, 0) is 11.2 Å². The van der Waals surface area contributed by atoms with Crippen LogP contribution in [0.3, 0.4) is 0 Å². The normalized spacial score (nSPS) is 9.75. The Morgan fingerprint density at radius 2 is 2.42 bits per heavy atom. The van der Waals surface area contributed by atoms with Crippen LogP contribution >= 0.6 is 0 Å². The summed E-state index contributed by atoms with van der Waals surface area (Å²) in [7, 11) is 0. The number of aliphatic carboxylic acids is 1. The van der Waals surface area contributed by atoms with E-state index >= 15 is 0 Å². The molecule has 4 nitrogen and oxygen atoms in total. The van der Waals surface area contributed by atoms with E-state index in [1.54, 1.807) is 6.92 Å². The number of aromatic amines is 1. The van der Waals surface area contributed by atoms with Crippen molar-refractivity contribution >= 4 is 12.3 Å². The third kappa shape index (κ3) is 1.53. The SMILES string of the molecule is Cc1c(C=O)c[nH]c1CC(=O)O. The van der Waals surface area contributed by atoms with Crippen molar-refractivity contribution in [1.82, 2.24) is 4.98 Å². The van der Waals surface area contributed by atoms with Crippen molar-refractivity contribution in [2.45, 2.75) is 13.3 Å². The van der Waals surface area contributed by atoms with Gasteiger partial charge >= 0.3 is 5.97 Å². The fourth-order valence-corrected chi connectivity index (χ4v) is 1.01. The van der Waals surface area contributed by atoms with Gasteiger partial charge < -0.3 is 10.1 Å². The maximum Gasteiger partial charge on any atom is 0.309 e. The first-order valence-electron chi connectivity index (χ1n) is 3.49. The van der Waals surface area contributed by atoms with Gasteiger partial charge in [0.05, 0.1) is 6.42 Å². The van der Waals surface area contributed by atoms with Gasteiger partial charge in [0.2, 0.25) is 0 Å². The summed E-state index contributed by atoms with van der Waals surface area (Å²) in [5.74, 6) is -0.905. The number of carbonyl (C=O) groups is 2. The largest absolute Gasteiger partial charge is 0.481 e. The Hall–Kier alpha value is -1.58. The Morgan fingerprint density at radius 3 is 2.83 bits per heavy atom. The van der Waals surface area contributed by atoms with E-state index in [1.165, 1.54) is 6.20 Å². The van der Waals surface area contributed by atoms with E-state index in [1.807, 2.05) is 0 Å². The summed E-state index contributed by atoms with van der Waals surface area (Å²) in [6, 6.07) is 0. The summed E-state index contributed by atoms with van der Waals surface area (Å²) in [5, 5.41) is 8.46. The molecule has 0 spiro atoms. The molecule has 0 amide bonds. The topological polar surface area (TPSA) is 70.2 Å².